The summed E-state index contributed by atoms with van der Waals surface area (Å²) in [6.07, 6.45) is 1.58. The van der Waals surface area contributed by atoms with Gasteiger partial charge in [-0.15, -0.1) is 0 Å². The molecule has 0 aliphatic rings. The smallest absolute Gasteiger partial charge is 0.330 e. The number of nitrogens with zero attached hydrogens (tertiary/aromatic N) is 2. The van der Waals surface area contributed by atoms with Crippen molar-refractivity contribution >= 4 is 16.7 Å². The van der Waals surface area contributed by atoms with Gasteiger partial charge in [-0.2, -0.15) is 5.10 Å². The summed E-state index contributed by atoms with van der Waals surface area (Å²) in [6.45, 7) is 3.61. The summed E-state index contributed by atoms with van der Waals surface area (Å²) < 4.78 is 6.04. The van der Waals surface area contributed by atoms with Gasteiger partial charge in [0, 0.05) is 5.39 Å². The van der Waals surface area contributed by atoms with Gasteiger partial charge in [-0.3, -0.25) is 4.79 Å². The Morgan fingerprint density at radius 3 is 2.89 bits per heavy atom. The van der Waals surface area contributed by atoms with E-state index < -0.39 is 12.0 Å². The molecule has 5 heteroatoms. The highest BCUT2D eigenvalue weighted by atomic mass is 16.5. The lowest BCUT2D eigenvalue weighted by Gasteiger charge is -2.12. The molecular weight excluding hydrogens is 232 g/mol. The molecule has 0 N–H and O–H groups in total. The Kier molecular flexibility index (Phi) is 3.41. The molecule has 0 spiro atoms. The number of hydrogen-bond acceptors (Lipinski definition) is 4. The molecule has 0 saturated heterocycles. The molecule has 0 aliphatic carbocycles. The third-order valence-electron chi connectivity index (χ3n) is 2.72. The summed E-state index contributed by atoms with van der Waals surface area (Å²) in [4.78, 5) is 23.8. The molecule has 0 amide bonds. The zero-order chi connectivity index (χ0) is 13.1. The standard InChI is InChI=1S/C13H14N2O3/c1-3-18-13(17)9(2)15-12(16)11-7-5-4-6-10(11)8-14-15/h4-9H,3H2,1-2H3/t9-/m0/s1. The number of carbonyl (C=O) groups excluding carboxylic acids is 1. The van der Waals surface area contributed by atoms with Crippen molar-refractivity contribution in [2.24, 2.45) is 0 Å². The highest BCUT2D eigenvalue weighted by Gasteiger charge is 2.19. The summed E-state index contributed by atoms with van der Waals surface area (Å²) >= 11 is 0. The second-order valence-electron chi connectivity index (χ2n) is 3.91. The Bertz CT molecular complexity index is 633. The summed E-state index contributed by atoms with van der Waals surface area (Å²) in [6, 6.07) is 6.42. The molecule has 2 aromatic rings. The number of esters is 1. The van der Waals surface area contributed by atoms with Crippen LogP contribution in [-0.2, 0) is 9.53 Å². The Morgan fingerprint density at radius 2 is 2.17 bits per heavy atom. The number of carbonyl (C=O) groups is 1. The maximum atomic E-state index is 12.2. The summed E-state index contributed by atoms with van der Waals surface area (Å²) in [5, 5.41) is 5.32. The van der Waals surface area contributed by atoms with Crippen LogP contribution in [0.3, 0.4) is 0 Å². The van der Waals surface area contributed by atoms with E-state index in [-0.39, 0.29) is 12.2 Å². The number of hydrogen-bond donors (Lipinski definition) is 0. The van der Waals surface area contributed by atoms with Crippen molar-refractivity contribution in [1.82, 2.24) is 9.78 Å². The summed E-state index contributed by atoms with van der Waals surface area (Å²) in [7, 11) is 0. The van der Waals surface area contributed by atoms with Crippen LogP contribution in [0, 0.1) is 0 Å². The van der Waals surface area contributed by atoms with Crippen LogP contribution in [0.1, 0.15) is 19.9 Å². The van der Waals surface area contributed by atoms with Gasteiger partial charge in [-0.1, -0.05) is 18.2 Å². The van der Waals surface area contributed by atoms with Crippen molar-refractivity contribution in [3.05, 3.63) is 40.8 Å². The van der Waals surface area contributed by atoms with Crippen molar-refractivity contribution in [3.63, 3.8) is 0 Å². The van der Waals surface area contributed by atoms with E-state index in [1.165, 1.54) is 0 Å². The van der Waals surface area contributed by atoms with Crippen molar-refractivity contribution < 1.29 is 9.53 Å². The molecule has 1 aromatic heterocycles. The first-order valence-electron chi connectivity index (χ1n) is 5.78. The minimum atomic E-state index is -0.720. The SMILES string of the molecule is CCOC(=O)[C@H](C)n1ncc2ccccc2c1=O. The normalized spacial score (nSPS) is 12.3. The van der Waals surface area contributed by atoms with E-state index in [2.05, 4.69) is 5.10 Å². The molecule has 0 aliphatic heterocycles. The van der Waals surface area contributed by atoms with Crippen LogP contribution in [0.25, 0.3) is 10.8 Å². The molecule has 0 unspecified atom stereocenters. The van der Waals surface area contributed by atoms with Gasteiger partial charge in [0.05, 0.1) is 18.2 Å². The maximum absolute atomic E-state index is 12.2. The van der Waals surface area contributed by atoms with E-state index in [0.29, 0.717) is 5.39 Å². The summed E-state index contributed by atoms with van der Waals surface area (Å²) in [5.74, 6) is -0.456. The predicted molar refractivity (Wildman–Crippen MR) is 67.3 cm³/mol. The fourth-order valence-electron chi connectivity index (χ4n) is 1.74. The van der Waals surface area contributed by atoms with Crippen LogP contribution >= 0.6 is 0 Å². The van der Waals surface area contributed by atoms with Crippen LogP contribution in [0.2, 0.25) is 0 Å². The van der Waals surface area contributed by atoms with Crippen molar-refractivity contribution in [2.75, 3.05) is 6.61 Å². The van der Waals surface area contributed by atoms with E-state index in [0.717, 1.165) is 10.1 Å². The average molecular weight is 246 g/mol. The Labute approximate surface area is 104 Å². The van der Waals surface area contributed by atoms with E-state index in [1.807, 2.05) is 12.1 Å². The Hall–Kier alpha value is -2.17. The number of benzene rings is 1. The van der Waals surface area contributed by atoms with Gasteiger partial charge < -0.3 is 4.74 Å². The van der Waals surface area contributed by atoms with Crippen molar-refractivity contribution in [1.29, 1.82) is 0 Å². The molecular formula is C13H14N2O3. The van der Waals surface area contributed by atoms with Crippen molar-refractivity contribution in [2.45, 2.75) is 19.9 Å². The largest absolute Gasteiger partial charge is 0.464 e. The van der Waals surface area contributed by atoms with Gasteiger partial charge in [0.15, 0.2) is 6.04 Å². The number of rotatable bonds is 3. The first kappa shape index (κ1) is 12.3. The molecule has 1 aromatic carbocycles. The third kappa shape index (κ3) is 2.11. The highest BCUT2D eigenvalue weighted by Crippen LogP contribution is 2.09. The van der Waals surface area contributed by atoms with Gasteiger partial charge in [-0.05, 0) is 19.9 Å². The van der Waals surface area contributed by atoms with Crippen molar-refractivity contribution in [3.8, 4) is 0 Å². The molecule has 0 fully saturated rings. The van der Waals surface area contributed by atoms with E-state index in [9.17, 15) is 9.59 Å². The number of fused-ring (bicyclic) bond motifs is 1. The quantitative estimate of drug-likeness (QED) is 0.770. The molecule has 1 atom stereocenters. The molecule has 1 heterocycles. The second-order valence-corrected chi connectivity index (χ2v) is 3.91. The van der Waals surface area contributed by atoms with Crippen LogP contribution in [0.5, 0.6) is 0 Å². The number of aromatic nitrogens is 2. The van der Waals surface area contributed by atoms with Gasteiger partial charge >= 0.3 is 5.97 Å². The molecule has 0 bridgehead atoms. The predicted octanol–water partition coefficient (Wildman–Crippen LogP) is 1.52. The molecule has 0 radical (unpaired) electrons. The maximum Gasteiger partial charge on any atom is 0.330 e. The molecule has 94 valence electrons. The minimum absolute atomic E-state index is 0.283. The first-order valence-corrected chi connectivity index (χ1v) is 5.78. The minimum Gasteiger partial charge on any atom is -0.464 e. The van der Waals surface area contributed by atoms with Gasteiger partial charge in [0.1, 0.15) is 0 Å². The molecule has 0 saturated carbocycles. The van der Waals surface area contributed by atoms with E-state index >= 15 is 0 Å². The molecule has 18 heavy (non-hydrogen) atoms. The zero-order valence-corrected chi connectivity index (χ0v) is 10.3. The lowest BCUT2D eigenvalue weighted by Crippen LogP contribution is -2.31. The fraction of sp³-hybridized carbons (Fsp3) is 0.308. The number of ether oxygens (including phenoxy) is 1. The summed E-state index contributed by atoms with van der Waals surface area (Å²) in [5.41, 5.74) is -0.284. The second kappa shape index (κ2) is 5.00. The van der Waals surface area contributed by atoms with Crippen LogP contribution < -0.4 is 5.56 Å². The highest BCUT2D eigenvalue weighted by molar-refractivity contribution is 5.81. The van der Waals surface area contributed by atoms with E-state index in [1.54, 1.807) is 32.2 Å². The molecule has 5 nitrogen and oxygen atoms in total. The monoisotopic (exact) mass is 246 g/mol. The average Bonchev–Trinajstić information content (AvgIpc) is 2.39. The van der Waals surface area contributed by atoms with Gasteiger partial charge in [0.25, 0.3) is 5.56 Å². The van der Waals surface area contributed by atoms with E-state index in [4.69, 9.17) is 4.74 Å². The van der Waals surface area contributed by atoms with Crippen LogP contribution in [-0.4, -0.2) is 22.4 Å². The lowest BCUT2D eigenvalue weighted by atomic mass is 10.2. The Balaban J connectivity index is 2.49. The lowest BCUT2D eigenvalue weighted by molar-refractivity contribution is -0.147. The third-order valence-corrected chi connectivity index (χ3v) is 2.72. The molecule has 2 rings (SSSR count). The van der Waals surface area contributed by atoms with Crippen LogP contribution in [0.15, 0.2) is 35.3 Å². The van der Waals surface area contributed by atoms with Crippen LogP contribution in [0.4, 0.5) is 0 Å². The van der Waals surface area contributed by atoms with Gasteiger partial charge in [-0.25, -0.2) is 9.48 Å². The zero-order valence-electron chi connectivity index (χ0n) is 10.3. The topological polar surface area (TPSA) is 61.2 Å². The fourth-order valence-corrected chi connectivity index (χ4v) is 1.74. The van der Waals surface area contributed by atoms with Gasteiger partial charge in [0.2, 0.25) is 0 Å². The Morgan fingerprint density at radius 1 is 1.44 bits per heavy atom. The first-order chi connectivity index (χ1) is 8.65.